The normalized spacial score (nSPS) is 14.9. The van der Waals surface area contributed by atoms with Crippen LogP contribution in [-0.2, 0) is 5.67 Å². The molecule has 0 bridgehead atoms. The number of hydrogen-bond donors (Lipinski definition) is 1. The molecular weight excluding hydrogens is 271 g/mol. The standard InChI is InChI=1S/C12H16F3N5/c1-3-4-16-6-12(2,15)9-5-8(10(13)14)19-11-17-7-18-20(9)11/h5,7,10,16H,3-4,6H2,1-2H3. The molecule has 0 radical (unpaired) electrons. The highest BCUT2D eigenvalue weighted by Crippen LogP contribution is 2.28. The van der Waals surface area contributed by atoms with Gasteiger partial charge in [-0.15, -0.1) is 0 Å². The Hall–Kier alpha value is -1.70. The summed E-state index contributed by atoms with van der Waals surface area (Å²) in [5.74, 6) is -0.0304. The van der Waals surface area contributed by atoms with Gasteiger partial charge in [-0.1, -0.05) is 6.92 Å². The molecule has 0 spiro atoms. The molecule has 0 aliphatic carbocycles. The van der Waals surface area contributed by atoms with Crippen molar-refractivity contribution in [3.05, 3.63) is 23.8 Å². The van der Waals surface area contributed by atoms with Crippen LogP contribution in [0.25, 0.3) is 5.78 Å². The Labute approximate surface area is 114 Å². The lowest BCUT2D eigenvalue weighted by atomic mass is 10.0. The van der Waals surface area contributed by atoms with Gasteiger partial charge in [0.2, 0.25) is 0 Å². The van der Waals surface area contributed by atoms with Crippen molar-refractivity contribution < 1.29 is 13.2 Å². The zero-order valence-electron chi connectivity index (χ0n) is 11.3. The van der Waals surface area contributed by atoms with Crippen LogP contribution >= 0.6 is 0 Å². The molecule has 0 amide bonds. The number of alkyl halides is 3. The maximum Gasteiger partial charge on any atom is 0.280 e. The molecule has 0 aromatic carbocycles. The first-order valence-corrected chi connectivity index (χ1v) is 6.34. The fourth-order valence-electron chi connectivity index (χ4n) is 1.90. The zero-order valence-corrected chi connectivity index (χ0v) is 11.3. The van der Waals surface area contributed by atoms with E-state index in [1.807, 2.05) is 6.92 Å². The number of aromatic nitrogens is 4. The summed E-state index contributed by atoms with van der Waals surface area (Å²) in [6.45, 7) is 3.93. The van der Waals surface area contributed by atoms with Crippen LogP contribution in [0.4, 0.5) is 13.2 Å². The molecule has 110 valence electrons. The third-order valence-electron chi connectivity index (χ3n) is 2.91. The maximum absolute atomic E-state index is 14.8. The lowest BCUT2D eigenvalue weighted by Gasteiger charge is -2.22. The Morgan fingerprint density at radius 3 is 2.85 bits per heavy atom. The molecule has 2 aromatic heterocycles. The van der Waals surface area contributed by atoms with Gasteiger partial charge in [0, 0.05) is 6.54 Å². The highest BCUT2D eigenvalue weighted by atomic mass is 19.3. The average Bonchev–Trinajstić information content (AvgIpc) is 2.85. The van der Waals surface area contributed by atoms with Crippen LogP contribution in [-0.4, -0.2) is 32.7 Å². The van der Waals surface area contributed by atoms with Gasteiger partial charge in [0.25, 0.3) is 12.2 Å². The van der Waals surface area contributed by atoms with E-state index in [9.17, 15) is 13.2 Å². The summed E-state index contributed by atoms with van der Waals surface area (Å²) in [5.41, 5.74) is -2.34. The van der Waals surface area contributed by atoms with Crippen molar-refractivity contribution in [1.82, 2.24) is 24.9 Å². The van der Waals surface area contributed by atoms with E-state index < -0.39 is 17.8 Å². The van der Waals surface area contributed by atoms with E-state index in [0.29, 0.717) is 6.54 Å². The van der Waals surface area contributed by atoms with Crippen molar-refractivity contribution in [2.45, 2.75) is 32.4 Å². The van der Waals surface area contributed by atoms with E-state index in [4.69, 9.17) is 0 Å². The van der Waals surface area contributed by atoms with Gasteiger partial charge in [-0.25, -0.2) is 18.2 Å². The SMILES string of the molecule is CCCNCC(C)(F)c1cc(C(F)F)nc2ncnn12. The summed E-state index contributed by atoms with van der Waals surface area (Å²) in [6, 6.07) is 1.04. The molecular formula is C12H16F3N5. The second kappa shape index (κ2) is 5.74. The number of rotatable bonds is 6. The van der Waals surface area contributed by atoms with Gasteiger partial charge >= 0.3 is 0 Å². The number of nitrogens with zero attached hydrogens (tertiary/aromatic N) is 4. The smallest absolute Gasteiger partial charge is 0.280 e. The predicted octanol–water partition coefficient (Wildman–Crippen LogP) is 2.25. The topological polar surface area (TPSA) is 55.1 Å². The fraction of sp³-hybridized carbons (Fsp3) is 0.583. The van der Waals surface area contributed by atoms with Crippen LogP contribution in [0.15, 0.2) is 12.4 Å². The number of halogens is 3. The zero-order chi connectivity index (χ0) is 14.8. The van der Waals surface area contributed by atoms with E-state index in [-0.39, 0.29) is 18.0 Å². The Kier molecular flexibility index (Phi) is 4.22. The van der Waals surface area contributed by atoms with Crippen LogP contribution in [0, 0.1) is 0 Å². The molecule has 0 saturated heterocycles. The Bertz CT molecular complexity index is 581. The summed E-state index contributed by atoms with van der Waals surface area (Å²) in [6.07, 6.45) is -0.765. The monoisotopic (exact) mass is 287 g/mol. The van der Waals surface area contributed by atoms with Crippen LogP contribution in [0.2, 0.25) is 0 Å². The first kappa shape index (κ1) is 14.7. The molecule has 5 nitrogen and oxygen atoms in total. The molecule has 2 heterocycles. The second-order valence-corrected chi connectivity index (χ2v) is 4.71. The Morgan fingerprint density at radius 1 is 1.45 bits per heavy atom. The van der Waals surface area contributed by atoms with Crippen molar-refractivity contribution >= 4 is 5.78 Å². The molecule has 0 saturated carbocycles. The quantitative estimate of drug-likeness (QED) is 0.828. The molecule has 8 heteroatoms. The van der Waals surface area contributed by atoms with E-state index in [2.05, 4.69) is 20.4 Å². The molecule has 1 N–H and O–H groups in total. The van der Waals surface area contributed by atoms with E-state index >= 15 is 0 Å². The Balaban J connectivity index is 2.42. The third-order valence-corrected chi connectivity index (χ3v) is 2.91. The minimum absolute atomic E-state index is 0.00247. The van der Waals surface area contributed by atoms with E-state index in [1.54, 1.807) is 0 Å². The highest BCUT2D eigenvalue weighted by molar-refractivity contribution is 5.33. The van der Waals surface area contributed by atoms with Crippen LogP contribution in [0.5, 0.6) is 0 Å². The Morgan fingerprint density at radius 2 is 2.20 bits per heavy atom. The highest BCUT2D eigenvalue weighted by Gasteiger charge is 2.31. The first-order chi connectivity index (χ1) is 9.45. The van der Waals surface area contributed by atoms with Crippen molar-refractivity contribution in [3.63, 3.8) is 0 Å². The largest absolute Gasteiger partial charge is 0.313 e. The van der Waals surface area contributed by atoms with Gasteiger partial charge in [-0.05, 0) is 26.0 Å². The summed E-state index contributed by atoms with van der Waals surface area (Å²) < 4.78 is 41.6. The lowest BCUT2D eigenvalue weighted by molar-refractivity contribution is 0.143. The average molecular weight is 287 g/mol. The van der Waals surface area contributed by atoms with Gasteiger partial charge in [0.05, 0.1) is 5.69 Å². The van der Waals surface area contributed by atoms with E-state index in [0.717, 1.165) is 23.3 Å². The van der Waals surface area contributed by atoms with Crippen LogP contribution in [0.3, 0.4) is 0 Å². The van der Waals surface area contributed by atoms with Crippen LogP contribution < -0.4 is 5.32 Å². The van der Waals surface area contributed by atoms with Gasteiger partial charge in [-0.2, -0.15) is 14.6 Å². The molecule has 20 heavy (non-hydrogen) atoms. The van der Waals surface area contributed by atoms with Crippen molar-refractivity contribution in [3.8, 4) is 0 Å². The minimum Gasteiger partial charge on any atom is -0.313 e. The van der Waals surface area contributed by atoms with Gasteiger partial charge in [0.1, 0.15) is 12.0 Å². The van der Waals surface area contributed by atoms with Crippen molar-refractivity contribution in [1.29, 1.82) is 0 Å². The molecule has 0 aliphatic heterocycles. The van der Waals surface area contributed by atoms with Gasteiger partial charge in [-0.3, -0.25) is 0 Å². The van der Waals surface area contributed by atoms with Gasteiger partial charge < -0.3 is 5.32 Å². The number of nitrogens with one attached hydrogen (secondary N) is 1. The summed E-state index contributed by atoms with van der Waals surface area (Å²) in [4.78, 5) is 7.41. The number of hydrogen-bond acceptors (Lipinski definition) is 4. The molecule has 1 unspecified atom stereocenters. The third kappa shape index (κ3) is 2.90. The second-order valence-electron chi connectivity index (χ2n) is 4.71. The fourth-order valence-corrected chi connectivity index (χ4v) is 1.90. The summed E-state index contributed by atoms with van der Waals surface area (Å²) in [5, 5.41) is 6.78. The predicted molar refractivity (Wildman–Crippen MR) is 67.4 cm³/mol. The summed E-state index contributed by atoms with van der Waals surface area (Å²) >= 11 is 0. The van der Waals surface area contributed by atoms with Crippen molar-refractivity contribution in [2.24, 2.45) is 0 Å². The molecule has 0 fully saturated rings. The van der Waals surface area contributed by atoms with Crippen LogP contribution in [0.1, 0.15) is 38.1 Å². The molecule has 2 aromatic rings. The number of fused-ring (bicyclic) bond motifs is 1. The van der Waals surface area contributed by atoms with E-state index in [1.165, 1.54) is 6.92 Å². The van der Waals surface area contributed by atoms with Gasteiger partial charge in [0.15, 0.2) is 5.67 Å². The lowest BCUT2D eigenvalue weighted by Crippen LogP contribution is -2.34. The first-order valence-electron chi connectivity index (χ1n) is 6.34. The van der Waals surface area contributed by atoms with Crippen molar-refractivity contribution in [2.75, 3.05) is 13.1 Å². The molecule has 0 aliphatic rings. The summed E-state index contributed by atoms with van der Waals surface area (Å²) in [7, 11) is 0. The maximum atomic E-state index is 14.8. The molecule has 1 atom stereocenters. The minimum atomic E-state index is -2.78. The molecule has 2 rings (SSSR count).